The molecule has 0 unspecified atom stereocenters. The van der Waals surface area contributed by atoms with Gasteiger partial charge in [0.1, 0.15) is 12.4 Å². The van der Waals surface area contributed by atoms with Gasteiger partial charge in [0.2, 0.25) is 5.91 Å². The van der Waals surface area contributed by atoms with Crippen LogP contribution in [0.25, 0.3) is 10.9 Å². The number of hydrogen-bond donors (Lipinski definition) is 3. The van der Waals surface area contributed by atoms with E-state index in [0.717, 1.165) is 35.0 Å². The van der Waals surface area contributed by atoms with Crippen LogP contribution in [0.2, 0.25) is 0 Å². The molecule has 8 nitrogen and oxygen atoms in total. The number of nitrogens with zero attached hydrogens (tertiary/aromatic N) is 2. The lowest BCUT2D eigenvalue weighted by molar-refractivity contribution is -0.131. The van der Waals surface area contributed by atoms with Crippen molar-refractivity contribution in [3.8, 4) is 5.75 Å². The van der Waals surface area contributed by atoms with Gasteiger partial charge in [-0.25, -0.2) is 10.5 Å². The Morgan fingerprint density at radius 1 is 1.18 bits per heavy atom. The van der Waals surface area contributed by atoms with Gasteiger partial charge >= 0.3 is 0 Å². The van der Waals surface area contributed by atoms with Crippen molar-refractivity contribution in [2.75, 3.05) is 6.54 Å². The normalized spacial score (nSPS) is 18.4. The minimum absolute atomic E-state index is 0.0174. The predicted octanol–water partition coefficient (Wildman–Crippen LogP) is 3.76. The molecule has 34 heavy (non-hydrogen) atoms. The molecule has 1 saturated heterocycles. The molecule has 3 aromatic rings. The summed E-state index contributed by atoms with van der Waals surface area (Å²) >= 11 is 0. The Hall–Kier alpha value is -3.49. The smallest absolute Gasteiger partial charge is 0.265 e. The van der Waals surface area contributed by atoms with Gasteiger partial charge in [-0.3, -0.25) is 25.2 Å². The number of carbonyl (C=O) groups excluding carboxylic acids is 2. The first kappa shape index (κ1) is 23.7. The molecule has 0 spiro atoms. The van der Waals surface area contributed by atoms with E-state index in [0.29, 0.717) is 24.5 Å². The summed E-state index contributed by atoms with van der Waals surface area (Å²) in [6, 6.07) is 17.1. The van der Waals surface area contributed by atoms with Crippen LogP contribution in [0.15, 0.2) is 54.6 Å². The van der Waals surface area contributed by atoms with Crippen molar-refractivity contribution < 1.29 is 19.5 Å². The fourth-order valence-electron chi connectivity index (χ4n) is 4.51. The molecule has 1 fully saturated rings. The Balaban J connectivity index is 1.36. The van der Waals surface area contributed by atoms with Gasteiger partial charge in [-0.15, -0.1) is 0 Å². The fraction of sp³-hybridized carbons (Fsp3) is 0.346. The third-order valence-corrected chi connectivity index (χ3v) is 6.41. The van der Waals surface area contributed by atoms with Gasteiger partial charge in [-0.05, 0) is 69.0 Å². The molecule has 1 aliphatic heterocycles. The predicted molar refractivity (Wildman–Crippen MR) is 128 cm³/mol. The highest BCUT2D eigenvalue weighted by molar-refractivity contribution is 5.94. The molecule has 2 aromatic carbocycles. The summed E-state index contributed by atoms with van der Waals surface area (Å²) in [4.78, 5) is 28.9. The number of aryl methyl sites for hydroxylation is 1. The van der Waals surface area contributed by atoms with Gasteiger partial charge in [0.15, 0.2) is 0 Å². The zero-order valence-electron chi connectivity index (χ0n) is 19.5. The van der Waals surface area contributed by atoms with Gasteiger partial charge in [-0.2, -0.15) is 0 Å². The van der Waals surface area contributed by atoms with Crippen molar-refractivity contribution in [2.24, 2.45) is 5.92 Å². The number of nitrogens with one attached hydrogen (secondary N) is 2. The monoisotopic (exact) mass is 462 g/mol. The lowest BCUT2D eigenvalue weighted by Gasteiger charge is -2.39. The number of benzene rings is 2. The van der Waals surface area contributed by atoms with E-state index in [9.17, 15) is 9.59 Å². The molecule has 2 heterocycles. The SMILES string of the molecule is Cc1cc(COc2ccc(C(=O)NN3CCC[C@@H](CC(=O)NO)[C@@H]3C)cc2)c2ccccc2n1. The number of hydrazine groups is 1. The van der Waals surface area contributed by atoms with E-state index in [4.69, 9.17) is 9.94 Å². The van der Waals surface area contributed by atoms with Gasteiger partial charge in [0, 0.05) is 41.2 Å². The highest BCUT2D eigenvalue weighted by Gasteiger charge is 2.30. The maximum Gasteiger partial charge on any atom is 0.265 e. The number of ether oxygens (including phenoxy) is 1. The minimum Gasteiger partial charge on any atom is -0.489 e. The fourth-order valence-corrected chi connectivity index (χ4v) is 4.51. The number of pyridine rings is 1. The molecule has 178 valence electrons. The average molecular weight is 463 g/mol. The van der Waals surface area contributed by atoms with Crippen LogP contribution < -0.4 is 15.6 Å². The molecule has 0 aliphatic carbocycles. The first-order valence-electron chi connectivity index (χ1n) is 11.5. The van der Waals surface area contributed by atoms with Crippen LogP contribution in [0.4, 0.5) is 0 Å². The molecule has 8 heteroatoms. The zero-order valence-corrected chi connectivity index (χ0v) is 19.5. The summed E-state index contributed by atoms with van der Waals surface area (Å²) in [5.41, 5.74) is 8.13. The van der Waals surface area contributed by atoms with E-state index in [1.165, 1.54) is 0 Å². The summed E-state index contributed by atoms with van der Waals surface area (Å²) in [6.07, 6.45) is 1.96. The van der Waals surface area contributed by atoms with Crippen LogP contribution in [0.1, 0.15) is 47.8 Å². The Kier molecular flexibility index (Phi) is 7.40. The number of para-hydroxylation sites is 1. The summed E-state index contributed by atoms with van der Waals surface area (Å²) < 4.78 is 5.99. The molecule has 3 N–H and O–H groups in total. The minimum atomic E-state index is -0.407. The van der Waals surface area contributed by atoms with Gasteiger partial charge in [-0.1, -0.05) is 18.2 Å². The first-order chi connectivity index (χ1) is 16.4. The Labute approximate surface area is 198 Å². The number of hydroxylamine groups is 1. The molecular weight excluding hydrogens is 432 g/mol. The van der Waals surface area contributed by atoms with Crippen LogP contribution >= 0.6 is 0 Å². The molecule has 2 atom stereocenters. The lowest BCUT2D eigenvalue weighted by atomic mass is 9.88. The summed E-state index contributed by atoms with van der Waals surface area (Å²) in [7, 11) is 0. The van der Waals surface area contributed by atoms with E-state index in [-0.39, 0.29) is 24.3 Å². The highest BCUT2D eigenvalue weighted by Crippen LogP contribution is 2.25. The number of rotatable bonds is 7. The van der Waals surface area contributed by atoms with E-state index >= 15 is 0 Å². The standard InChI is InChI=1S/C26H30N4O4/c1-17-14-21(23-7-3-4-8-24(23)27-17)16-34-22-11-9-19(10-12-22)26(32)28-30-13-5-6-20(18(30)2)15-25(31)29-33/h3-4,7-12,14,18,20,33H,5-6,13,15-16H2,1-2H3,(H,28,32)(H,29,31)/t18-,20-/m0/s1. The van der Waals surface area contributed by atoms with Crippen LogP contribution in [0.3, 0.4) is 0 Å². The van der Waals surface area contributed by atoms with Crippen molar-refractivity contribution in [3.63, 3.8) is 0 Å². The molecular formula is C26H30N4O4. The highest BCUT2D eigenvalue weighted by atomic mass is 16.5. The molecule has 1 aliphatic rings. The van der Waals surface area contributed by atoms with Crippen molar-refractivity contribution in [1.29, 1.82) is 0 Å². The van der Waals surface area contributed by atoms with Crippen molar-refractivity contribution in [1.82, 2.24) is 20.9 Å². The molecule has 4 rings (SSSR count). The zero-order chi connectivity index (χ0) is 24.1. The van der Waals surface area contributed by atoms with E-state index in [1.54, 1.807) is 29.7 Å². The maximum atomic E-state index is 12.8. The van der Waals surface area contributed by atoms with Gasteiger partial charge in [0.05, 0.1) is 5.52 Å². The van der Waals surface area contributed by atoms with Gasteiger partial charge < -0.3 is 4.74 Å². The van der Waals surface area contributed by atoms with Crippen LogP contribution in [-0.4, -0.2) is 39.6 Å². The van der Waals surface area contributed by atoms with Crippen LogP contribution in [0.5, 0.6) is 5.75 Å². The summed E-state index contributed by atoms with van der Waals surface area (Å²) in [6.45, 7) is 5.07. The third kappa shape index (κ3) is 5.52. The number of aromatic nitrogens is 1. The summed E-state index contributed by atoms with van der Waals surface area (Å²) in [5.74, 6) is 0.123. The van der Waals surface area contributed by atoms with Crippen molar-refractivity contribution in [3.05, 3.63) is 71.4 Å². The van der Waals surface area contributed by atoms with Crippen LogP contribution in [-0.2, 0) is 11.4 Å². The van der Waals surface area contributed by atoms with Crippen LogP contribution in [0, 0.1) is 12.8 Å². The van der Waals surface area contributed by atoms with E-state index in [2.05, 4.69) is 10.4 Å². The van der Waals surface area contributed by atoms with E-state index < -0.39 is 5.91 Å². The summed E-state index contributed by atoms with van der Waals surface area (Å²) in [5, 5.41) is 11.7. The number of hydrogen-bond acceptors (Lipinski definition) is 6. The number of carbonyl (C=O) groups is 2. The van der Waals surface area contributed by atoms with E-state index in [1.807, 2.05) is 49.2 Å². The Morgan fingerprint density at radius 2 is 1.94 bits per heavy atom. The first-order valence-corrected chi connectivity index (χ1v) is 11.5. The van der Waals surface area contributed by atoms with Crippen molar-refractivity contribution in [2.45, 2.75) is 45.8 Å². The largest absolute Gasteiger partial charge is 0.489 e. The molecule has 2 amide bonds. The Morgan fingerprint density at radius 3 is 2.71 bits per heavy atom. The molecule has 1 aromatic heterocycles. The molecule has 0 radical (unpaired) electrons. The topological polar surface area (TPSA) is 104 Å². The third-order valence-electron chi connectivity index (χ3n) is 6.41. The second-order valence-electron chi connectivity index (χ2n) is 8.77. The Bertz CT molecular complexity index is 1170. The molecule has 0 saturated carbocycles. The van der Waals surface area contributed by atoms with Gasteiger partial charge in [0.25, 0.3) is 5.91 Å². The maximum absolute atomic E-state index is 12.8. The molecule has 0 bridgehead atoms. The quantitative estimate of drug-likeness (QED) is 0.365. The number of piperidine rings is 1. The lowest BCUT2D eigenvalue weighted by Crippen LogP contribution is -2.53. The van der Waals surface area contributed by atoms with Crippen molar-refractivity contribution >= 4 is 22.7 Å². The number of fused-ring (bicyclic) bond motifs is 1. The average Bonchev–Trinajstić information content (AvgIpc) is 2.85. The second-order valence-corrected chi connectivity index (χ2v) is 8.77. The number of amides is 2. The second kappa shape index (κ2) is 10.6.